The SMILES string of the molecule is COC1=CC=C(C(C)(C)C2=CC=C(Oc3ccc(S(=O)(=O)c4ccc(C)cc4)cc3)CC2)CC1. The highest BCUT2D eigenvalue weighted by molar-refractivity contribution is 7.91. The van der Waals surface area contributed by atoms with E-state index in [4.69, 9.17) is 9.47 Å². The second-order valence-corrected chi connectivity index (χ2v) is 11.3. The van der Waals surface area contributed by atoms with Gasteiger partial charge in [-0.2, -0.15) is 0 Å². The van der Waals surface area contributed by atoms with Gasteiger partial charge in [0.05, 0.1) is 22.7 Å². The van der Waals surface area contributed by atoms with E-state index < -0.39 is 9.84 Å². The highest BCUT2D eigenvalue weighted by Crippen LogP contribution is 2.43. The average Bonchev–Trinajstić information content (AvgIpc) is 2.85. The van der Waals surface area contributed by atoms with Gasteiger partial charge in [0.2, 0.25) is 9.84 Å². The van der Waals surface area contributed by atoms with E-state index in [2.05, 4.69) is 32.1 Å². The van der Waals surface area contributed by atoms with Gasteiger partial charge in [0, 0.05) is 18.3 Å². The molecule has 0 saturated heterocycles. The normalized spacial score (nSPS) is 16.7. The first kappa shape index (κ1) is 24.1. The Morgan fingerprint density at radius 1 is 0.706 bits per heavy atom. The average molecular weight is 477 g/mol. The Labute approximate surface area is 203 Å². The molecule has 2 aromatic rings. The monoisotopic (exact) mass is 476 g/mol. The highest BCUT2D eigenvalue weighted by atomic mass is 32.2. The van der Waals surface area contributed by atoms with Crippen LogP contribution in [0.4, 0.5) is 0 Å². The van der Waals surface area contributed by atoms with Crippen LogP contribution in [0.1, 0.15) is 45.1 Å². The Bertz CT molecular complexity index is 1270. The zero-order chi connectivity index (χ0) is 24.3. The Balaban J connectivity index is 1.45. The predicted octanol–water partition coefficient (Wildman–Crippen LogP) is 7.09. The van der Waals surface area contributed by atoms with Gasteiger partial charge in [0.15, 0.2) is 0 Å². The van der Waals surface area contributed by atoms with Crippen molar-refractivity contribution in [1.29, 1.82) is 0 Å². The maximum atomic E-state index is 12.9. The van der Waals surface area contributed by atoms with E-state index in [1.165, 1.54) is 11.1 Å². The van der Waals surface area contributed by atoms with Crippen LogP contribution in [0.15, 0.2) is 105 Å². The first-order valence-electron chi connectivity index (χ1n) is 11.6. The second-order valence-electron chi connectivity index (χ2n) is 9.37. The van der Waals surface area contributed by atoms with Crippen molar-refractivity contribution in [2.75, 3.05) is 7.11 Å². The van der Waals surface area contributed by atoms with Crippen LogP contribution in [0.5, 0.6) is 5.75 Å². The molecule has 0 aliphatic heterocycles. The lowest BCUT2D eigenvalue weighted by molar-refractivity contribution is 0.273. The van der Waals surface area contributed by atoms with Crippen LogP contribution in [0, 0.1) is 12.3 Å². The van der Waals surface area contributed by atoms with Crippen LogP contribution in [0.25, 0.3) is 0 Å². The molecule has 0 fully saturated rings. The van der Waals surface area contributed by atoms with Crippen molar-refractivity contribution in [3.05, 3.63) is 101 Å². The summed E-state index contributed by atoms with van der Waals surface area (Å²) in [6.07, 6.45) is 12.2. The lowest BCUT2D eigenvalue weighted by atomic mass is 9.71. The van der Waals surface area contributed by atoms with Gasteiger partial charge in [-0.15, -0.1) is 0 Å². The van der Waals surface area contributed by atoms with Crippen LogP contribution in [-0.4, -0.2) is 15.5 Å². The van der Waals surface area contributed by atoms with E-state index in [1.54, 1.807) is 55.6 Å². The van der Waals surface area contributed by atoms with Crippen molar-refractivity contribution in [2.45, 2.75) is 56.2 Å². The Morgan fingerprint density at radius 2 is 1.21 bits per heavy atom. The van der Waals surface area contributed by atoms with Gasteiger partial charge in [0.1, 0.15) is 11.5 Å². The molecule has 0 saturated carbocycles. The topological polar surface area (TPSA) is 52.6 Å². The van der Waals surface area contributed by atoms with E-state index in [9.17, 15) is 8.42 Å². The molecule has 0 N–H and O–H groups in total. The molecule has 0 aromatic heterocycles. The number of benzene rings is 2. The summed E-state index contributed by atoms with van der Waals surface area (Å²) in [6, 6.07) is 13.6. The molecule has 0 spiro atoms. The maximum absolute atomic E-state index is 12.9. The third kappa shape index (κ3) is 5.05. The molecule has 4 rings (SSSR count). The van der Waals surface area contributed by atoms with Crippen LogP contribution in [-0.2, 0) is 14.6 Å². The molecule has 4 nitrogen and oxygen atoms in total. The molecule has 2 aliphatic rings. The number of hydrogen-bond acceptors (Lipinski definition) is 4. The third-order valence-electron chi connectivity index (χ3n) is 6.80. The second kappa shape index (κ2) is 9.67. The molecule has 178 valence electrons. The largest absolute Gasteiger partial charge is 0.501 e. The molecule has 0 atom stereocenters. The van der Waals surface area contributed by atoms with Crippen LogP contribution in [0.3, 0.4) is 0 Å². The Kier molecular flexibility index (Phi) is 6.85. The zero-order valence-corrected chi connectivity index (χ0v) is 21.1. The number of rotatable bonds is 7. The molecular weight excluding hydrogens is 444 g/mol. The minimum Gasteiger partial charge on any atom is -0.501 e. The van der Waals surface area contributed by atoms with Crippen molar-refractivity contribution in [3.8, 4) is 5.75 Å². The van der Waals surface area contributed by atoms with Crippen molar-refractivity contribution in [2.24, 2.45) is 5.41 Å². The summed E-state index contributed by atoms with van der Waals surface area (Å²) >= 11 is 0. The number of methoxy groups -OCH3 is 1. The molecule has 0 amide bonds. The van der Waals surface area contributed by atoms with Crippen LogP contribution in [0.2, 0.25) is 0 Å². The third-order valence-corrected chi connectivity index (χ3v) is 8.59. The van der Waals surface area contributed by atoms with Gasteiger partial charge in [0.25, 0.3) is 0 Å². The number of allylic oxidation sites excluding steroid dienone is 8. The van der Waals surface area contributed by atoms with Gasteiger partial charge in [-0.25, -0.2) is 8.42 Å². The number of hydrogen-bond donors (Lipinski definition) is 0. The van der Waals surface area contributed by atoms with Gasteiger partial charge >= 0.3 is 0 Å². The summed E-state index contributed by atoms with van der Waals surface area (Å²) in [5.41, 5.74) is 3.82. The van der Waals surface area contributed by atoms with Crippen molar-refractivity contribution < 1.29 is 17.9 Å². The fourth-order valence-electron chi connectivity index (χ4n) is 4.43. The van der Waals surface area contributed by atoms with Crippen LogP contribution < -0.4 is 4.74 Å². The summed E-state index contributed by atoms with van der Waals surface area (Å²) < 4.78 is 37.2. The first-order chi connectivity index (χ1) is 16.2. The Morgan fingerprint density at radius 3 is 1.68 bits per heavy atom. The smallest absolute Gasteiger partial charge is 0.206 e. The lowest BCUT2D eigenvalue weighted by Crippen LogP contribution is -2.21. The quantitative estimate of drug-likeness (QED) is 0.428. The minimum atomic E-state index is -3.54. The fourth-order valence-corrected chi connectivity index (χ4v) is 5.69. The van der Waals surface area contributed by atoms with Crippen LogP contribution >= 0.6 is 0 Å². The molecular formula is C29H32O4S. The van der Waals surface area contributed by atoms with Gasteiger partial charge in [-0.1, -0.05) is 54.8 Å². The number of aryl methyl sites for hydroxylation is 1. The van der Waals surface area contributed by atoms with E-state index in [-0.39, 0.29) is 10.3 Å². The zero-order valence-electron chi connectivity index (χ0n) is 20.3. The lowest BCUT2D eigenvalue weighted by Gasteiger charge is -2.34. The summed E-state index contributed by atoms with van der Waals surface area (Å²) in [5.74, 6) is 2.55. The summed E-state index contributed by atoms with van der Waals surface area (Å²) in [5, 5.41) is 0. The predicted molar refractivity (Wildman–Crippen MR) is 135 cm³/mol. The molecule has 5 heteroatoms. The molecule has 0 heterocycles. The van der Waals surface area contributed by atoms with Gasteiger partial charge < -0.3 is 9.47 Å². The van der Waals surface area contributed by atoms with Gasteiger partial charge in [-0.05, 0) is 68.3 Å². The van der Waals surface area contributed by atoms with E-state index >= 15 is 0 Å². The molecule has 2 aliphatic carbocycles. The number of sulfone groups is 1. The molecule has 0 bridgehead atoms. The van der Waals surface area contributed by atoms with Crippen molar-refractivity contribution in [3.63, 3.8) is 0 Å². The van der Waals surface area contributed by atoms with Gasteiger partial charge in [-0.3, -0.25) is 0 Å². The standard InChI is InChI=1S/C29H32O4S/c1-21-5-17-27(18-6-21)34(30,31)28-19-15-26(16-20-28)33-25-13-9-23(10-14-25)29(2,3)22-7-11-24(32-4)12-8-22/h5-7,9,11,13,15-20H,8,10,12,14H2,1-4H3. The molecule has 34 heavy (non-hydrogen) atoms. The summed E-state index contributed by atoms with van der Waals surface area (Å²) in [4.78, 5) is 0.556. The number of ether oxygens (including phenoxy) is 2. The Hall–Kier alpha value is -3.05. The summed E-state index contributed by atoms with van der Waals surface area (Å²) in [7, 11) is -1.82. The maximum Gasteiger partial charge on any atom is 0.206 e. The van der Waals surface area contributed by atoms with E-state index in [0.29, 0.717) is 10.6 Å². The van der Waals surface area contributed by atoms with Crippen molar-refractivity contribution in [1.82, 2.24) is 0 Å². The fraction of sp³-hybridized carbons (Fsp3) is 0.310. The van der Waals surface area contributed by atoms with E-state index in [1.807, 2.05) is 13.0 Å². The minimum absolute atomic E-state index is 0.0101. The highest BCUT2D eigenvalue weighted by Gasteiger charge is 2.29. The molecule has 0 radical (unpaired) electrons. The molecule has 2 aromatic carbocycles. The summed E-state index contributed by atoms with van der Waals surface area (Å²) in [6.45, 7) is 6.50. The molecule has 0 unspecified atom stereocenters. The van der Waals surface area contributed by atoms with E-state index in [0.717, 1.165) is 42.8 Å². The van der Waals surface area contributed by atoms with Crippen molar-refractivity contribution >= 4 is 9.84 Å². The first-order valence-corrected chi connectivity index (χ1v) is 13.1.